The van der Waals surface area contributed by atoms with Crippen molar-refractivity contribution in [3.05, 3.63) is 59.7 Å². The Morgan fingerprint density at radius 1 is 1.05 bits per heavy atom. The van der Waals surface area contributed by atoms with Crippen LogP contribution in [0.15, 0.2) is 48.5 Å². The number of para-hydroxylation sites is 1. The molecule has 0 heterocycles. The lowest BCUT2D eigenvalue weighted by molar-refractivity contribution is -0.137. The molecule has 0 atom stereocenters. The monoisotopic (exact) mass is 281 g/mol. The van der Waals surface area contributed by atoms with Gasteiger partial charge in [-0.2, -0.15) is 13.2 Å². The van der Waals surface area contributed by atoms with Gasteiger partial charge < -0.3 is 10.4 Å². The highest BCUT2D eigenvalue weighted by Crippen LogP contribution is 2.33. The van der Waals surface area contributed by atoms with Crippen LogP contribution in [0.3, 0.4) is 0 Å². The number of benzene rings is 2. The smallest absolute Gasteiger partial charge is 0.416 e. The van der Waals surface area contributed by atoms with Gasteiger partial charge in [-0.3, -0.25) is 0 Å². The predicted molar refractivity (Wildman–Crippen MR) is 68.1 cm³/mol. The number of rotatable bonds is 3. The fourth-order valence-corrected chi connectivity index (χ4v) is 1.69. The minimum atomic E-state index is -4.52. The number of hydrogen-bond acceptors (Lipinski definition) is 2. The lowest BCUT2D eigenvalue weighted by atomic mass is 10.1. The van der Waals surface area contributed by atoms with Gasteiger partial charge in [-0.15, -0.1) is 0 Å². The van der Waals surface area contributed by atoms with Crippen LogP contribution in [0.1, 0.15) is 15.9 Å². The molecule has 0 radical (unpaired) electrons. The molecule has 0 aliphatic rings. The maximum atomic E-state index is 12.7. The summed E-state index contributed by atoms with van der Waals surface area (Å²) in [5.74, 6) is -1.29. The molecule has 0 fully saturated rings. The lowest BCUT2D eigenvalue weighted by Crippen LogP contribution is -2.09. The number of halogens is 3. The summed E-state index contributed by atoms with van der Waals surface area (Å²) in [5, 5.41) is 11.7. The Morgan fingerprint density at radius 3 is 2.25 bits per heavy atom. The molecule has 2 aromatic rings. The number of nitrogens with one attached hydrogen (secondary N) is 1. The molecule has 2 rings (SSSR count). The molecule has 104 valence electrons. The van der Waals surface area contributed by atoms with E-state index in [1.165, 1.54) is 0 Å². The number of alkyl halides is 3. The molecule has 0 bridgehead atoms. The van der Waals surface area contributed by atoms with Crippen LogP contribution in [0.4, 0.5) is 24.5 Å². The van der Waals surface area contributed by atoms with Gasteiger partial charge >= 0.3 is 12.1 Å². The molecule has 0 aromatic heterocycles. The van der Waals surface area contributed by atoms with Crippen molar-refractivity contribution in [2.45, 2.75) is 6.18 Å². The number of anilines is 2. The number of carboxylic acid groups (broad SMARTS) is 1. The van der Waals surface area contributed by atoms with E-state index in [0.29, 0.717) is 5.69 Å². The number of aromatic carboxylic acids is 1. The highest BCUT2D eigenvalue weighted by molar-refractivity contribution is 5.95. The number of hydrogen-bond donors (Lipinski definition) is 2. The average molecular weight is 281 g/mol. The Hall–Kier alpha value is -2.50. The molecule has 0 aliphatic heterocycles. The van der Waals surface area contributed by atoms with Crippen LogP contribution in [0.5, 0.6) is 0 Å². The van der Waals surface area contributed by atoms with E-state index in [1.807, 2.05) is 0 Å². The van der Waals surface area contributed by atoms with Crippen molar-refractivity contribution in [2.24, 2.45) is 0 Å². The largest absolute Gasteiger partial charge is 0.478 e. The molecule has 20 heavy (non-hydrogen) atoms. The molecule has 0 aliphatic carbocycles. The highest BCUT2D eigenvalue weighted by Gasteiger charge is 2.31. The Balaban J connectivity index is 2.45. The van der Waals surface area contributed by atoms with Crippen LogP contribution in [-0.2, 0) is 6.18 Å². The molecule has 0 spiro atoms. The first kappa shape index (κ1) is 13.9. The van der Waals surface area contributed by atoms with Crippen LogP contribution >= 0.6 is 0 Å². The predicted octanol–water partition coefficient (Wildman–Crippen LogP) is 4.15. The van der Waals surface area contributed by atoms with Gasteiger partial charge in [0.15, 0.2) is 0 Å². The topological polar surface area (TPSA) is 49.3 Å². The van der Waals surface area contributed by atoms with Crippen molar-refractivity contribution in [3.63, 3.8) is 0 Å². The second-order valence-electron chi connectivity index (χ2n) is 4.05. The minimum Gasteiger partial charge on any atom is -0.478 e. The summed E-state index contributed by atoms with van der Waals surface area (Å²) in [6.07, 6.45) is -4.52. The molecule has 0 amide bonds. The highest BCUT2D eigenvalue weighted by atomic mass is 19.4. The van der Waals surface area contributed by atoms with Crippen LogP contribution in [0.2, 0.25) is 0 Å². The summed E-state index contributed by atoms with van der Waals surface area (Å²) in [5.41, 5.74) is -0.712. The van der Waals surface area contributed by atoms with Gasteiger partial charge in [-0.05, 0) is 30.3 Å². The van der Waals surface area contributed by atoms with E-state index in [0.717, 1.165) is 18.2 Å². The van der Waals surface area contributed by atoms with E-state index in [1.54, 1.807) is 30.3 Å². The van der Waals surface area contributed by atoms with Crippen LogP contribution in [0, 0.1) is 0 Å². The minimum absolute atomic E-state index is 0.0986. The standard InChI is InChI=1S/C14H10F3NO2/c15-14(16,17)9-6-7-11(13(19)20)12(8-9)18-10-4-2-1-3-5-10/h1-8,18H,(H,19,20). The number of carbonyl (C=O) groups is 1. The molecule has 0 saturated carbocycles. The van der Waals surface area contributed by atoms with Gasteiger partial charge in [-0.1, -0.05) is 18.2 Å². The molecule has 3 nitrogen and oxygen atoms in total. The van der Waals surface area contributed by atoms with Gasteiger partial charge in [0, 0.05) is 5.69 Å². The first-order chi connectivity index (χ1) is 9.38. The van der Waals surface area contributed by atoms with Gasteiger partial charge in [-0.25, -0.2) is 4.79 Å². The third kappa shape index (κ3) is 3.09. The summed E-state index contributed by atoms with van der Waals surface area (Å²) in [4.78, 5) is 11.1. The van der Waals surface area contributed by atoms with Crippen LogP contribution in [-0.4, -0.2) is 11.1 Å². The molecule has 6 heteroatoms. The third-order valence-electron chi connectivity index (χ3n) is 2.63. The lowest BCUT2D eigenvalue weighted by Gasteiger charge is -2.13. The summed E-state index contributed by atoms with van der Waals surface area (Å²) >= 11 is 0. The normalized spacial score (nSPS) is 11.2. The molecule has 0 saturated heterocycles. The van der Waals surface area contributed by atoms with Gasteiger partial charge in [0.25, 0.3) is 0 Å². The van der Waals surface area contributed by atoms with Crippen molar-refractivity contribution in [1.82, 2.24) is 0 Å². The van der Waals surface area contributed by atoms with E-state index < -0.39 is 17.7 Å². The zero-order valence-electron chi connectivity index (χ0n) is 10.1. The molecule has 0 unspecified atom stereocenters. The first-order valence-corrected chi connectivity index (χ1v) is 5.64. The average Bonchev–Trinajstić information content (AvgIpc) is 2.38. The Kier molecular flexibility index (Phi) is 3.65. The second-order valence-corrected chi connectivity index (χ2v) is 4.05. The quantitative estimate of drug-likeness (QED) is 0.888. The van der Waals surface area contributed by atoms with Crippen LogP contribution in [0.25, 0.3) is 0 Å². The third-order valence-corrected chi connectivity index (χ3v) is 2.63. The maximum absolute atomic E-state index is 12.7. The summed E-state index contributed by atoms with van der Waals surface area (Å²) < 4.78 is 38.0. The maximum Gasteiger partial charge on any atom is 0.416 e. The van der Waals surface area contributed by atoms with Crippen molar-refractivity contribution >= 4 is 17.3 Å². The van der Waals surface area contributed by atoms with Crippen molar-refractivity contribution in [2.75, 3.05) is 5.32 Å². The fourth-order valence-electron chi connectivity index (χ4n) is 1.69. The first-order valence-electron chi connectivity index (χ1n) is 5.64. The fraction of sp³-hybridized carbons (Fsp3) is 0.0714. The summed E-state index contributed by atoms with van der Waals surface area (Å²) in [7, 11) is 0. The van der Waals surface area contributed by atoms with E-state index in [9.17, 15) is 18.0 Å². The second kappa shape index (κ2) is 5.24. The van der Waals surface area contributed by atoms with Crippen molar-refractivity contribution in [3.8, 4) is 0 Å². The molecule has 2 N–H and O–H groups in total. The SMILES string of the molecule is O=C(O)c1ccc(C(F)(F)F)cc1Nc1ccccc1. The van der Waals surface area contributed by atoms with Gasteiger partial charge in [0.2, 0.25) is 0 Å². The Morgan fingerprint density at radius 2 is 1.70 bits per heavy atom. The van der Waals surface area contributed by atoms with E-state index >= 15 is 0 Å². The van der Waals surface area contributed by atoms with Crippen molar-refractivity contribution in [1.29, 1.82) is 0 Å². The molecular formula is C14H10F3NO2. The van der Waals surface area contributed by atoms with Crippen LogP contribution < -0.4 is 5.32 Å². The zero-order valence-corrected chi connectivity index (χ0v) is 10.1. The van der Waals surface area contributed by atoms with Gasteiger partial charge in [0.1, 0.15) is 0 Å². The summed E-state index contributed by atoms with van der Waals surface area (Å²) in [6.45, 7) is 0. The molecular weight excluding hydrogens is 271 g/mol. The Labute approximate surface area is 112 Å². The Bertz CT molecular complexity index is 624. The van der Waals surface area contributed by atoms with Gasteiger partial charge in [0.05, 0.1) is 16.8 Å². The van der Waals surface area contributed by atoms with Crippen molar-refractivity contribution < 1.29 is 23.1 Å². The number of carboxylic acids is 1. The van der Waals surface area contributed by atoms with E-state index in [2.05, 4.69) is 5.32 Å². The zero-order chi connectivity index (χ0) is 14.8. The van der Waals surface area contributed by atoms with E-state index in [4.69, 9.17) is 5.11 Å². The molecule has 2 aromatic carbocycles. The summed E-state index contributed by atoms with van der Waals surface area (Å²) in [6, 6.07) is 10.9. The van der Waals surface area contributed by atoms with E-state index in [-0.39, 0.29) is 11.3 Å².